The number of piperidine rings is 1. The van der Waals surface area contributed by atoms with Crippen LogP contribution in [0.3, 0.4) is 0 Å². The number of carbonyl (C=O) groups excluding carboxylic acids is 1. The third-order valence-electron chi connectivity index (χ3n) is 4.26. The minimum absolute atomic E-state index is 0.168. The first-order valence-corrected chi connectivity index (χ1v) is 8.08. The van der Waals surface area contributed by atoms with Crippen LogP contribution >= 0.6 is 0 Å². The summed E-state index contributed by atoms with van der Waals surface area (Å²) in [6, 6.07) is 6.15. The van der Waals surface area contributed by atoms with Crippen LogP contribution in [0.2, 0.25) is 0 Å². The van der Waals surface area contributed by atoms with E-state index in [0.29, 0.717) is 12.1 Å². The number of nitrogens with one attached hydrogen (secondary N) is 1. The second kappa shape index (κ2) is 8.64. The molecule has 1 aromatic rings. The number of benzene rings is 1. The highest BCUT2D eigenvalue weighted by molar-refractivity contribution is 5.95. The fraction of sp³-hybridized carbons (Fsp3) is 0.529. The van der Waals surface area contributed by atoms with E-state index in [1.807, 2.05) is 0 Å². The molecule has 0 spiro atoms. The van der Waals surface area contributed by atoms with Gasteiger partial charge in [-0.1, -0.05) is 6.42 Å². The van der Waals surface area contributed by atoms with Gasteiger partial charge in [0.05, 0.1) is 12.2 Å². The number of likely N-dealkylation sites (tertiary alicyclic amines) is 1. The van der Waals surface area contributed by atoms with Crippen molar-refractivity contribution < 1.29 is 19.8 Å². The van der Waals surface area contributed by atoms with Crippen molar-refractivity contribution in [1.29, 1.82) is 0 Å². The molecule has 0 unspecified atom stereocenters. The van der Waals surface area contributed by atoms with E-state index in [1.54, 1.807) is 0 Å². The van der Waals surface area contributed by atoms with E-state index >= 15 is 0 Å². The Morgan fingerprint density at radius 2 is 1.87 bits per heavy atom. The van der Waals surface area contributed by atoms with E-state index < -0.39 is 5.97 Å². The molecule has 0 aliphatic carbocycles. The Morgan fingerprint density at radius 1 is 1.17 bits per heavy atom. The molecule has 0 saturated carbocycles. The molecule has 1 saturated heterocycles. The molecule has 6 nitrogen and oxygen atoms in total. The predicted molar refractivity (Wildman–Crippen MR) is 86.6 cm³/mol. The van der Waals surface area contributed by atoms with Crippen LogP contribution in [0.25, 0.3) is 0 Å². The average Bonchev–Trinajstić information content (AvgIpc) is 2.59. The van der Waals surface area contributed by atoms with Gasteiger partial charge in [0, 0.05) is 24.7 Å². The molecule has 1 aliphatic rings. The molecule has 0 bridgehead atoms. The molecule has 1 amide bonds. The number of hydrogen-bond acceptors (Lipinski definition) is 4. The number of aliphatic hydroxyl groups excluding tert-OH is 1. The number of carbonyl (C=O) groups is 2. The van der Waals surface area contributed by atoms with Crippen molar-refractivity contribution in [3.05, 3.63) is 35.4 Å². The Bertz CT molecular complexity index is 530. The average molecular weight is 320 g/mol. The Hall–Kier alpha value is -1.92. The monoisotopic (exact) mass is 320 g/mol. The van der Waals surface area contributed by atoms with Gasteiger partial charge in [-0.2, -0.15) is 0 Å². The zero-order valence-electron chi connectivity index (χ0n) is 13.2. The van der Waals surface area contributed by atoms with Crippen LogP contribution < -0.4 is 5.32 Å². The van der Waals surface area contributed by atoms with Gasteiger partial charge in [-0.25, -0.2) is 4.79 Å². The van der Waals surface area contributed by atoms with Crippen LogP contribution in [-0.4, -0.2) is 59.3 Å². The first-order valence-electron chi connectivity index (χ1n) is 8.08. The molecule has 1 heterocycles. The zero-order valence-corrected chi connectivity index (χ0v) is 13.2. The van der Waals surface area contributed by atoms with Crippen molar-refractivity contribution in [3.63, 3.8) is 0 Å². The van der Waals surface area contributed by atoms with Crippen molar-refractivity contribution >= 4 is 11.9 Å². The molecule has 1 atom stereocenters. The summed E-state index contributed by atoms with van der Waals surface area (Å²) in [5, 5.41) is 21.0. The fourth-order valence-corrected chi connectivity index (χ4v) is 2.91. The van der Waals surface area contributed by atoms with Crippen LogP contribution in [0.1, 0.15) is 46.4 Å². The number of carboxylic acid groups (broad SMARTS) is 1. The van der Waals surface area contributed by atoms with E-state index in [9.17, 15) is 14.7 Å². The summed E-state index contributed by atoms with van der Waals surface area (Å²) in [5.41, 5.74) is 0.628. The van der Waals surface area contributed by atoms with E-state index in [1.165, 1.54) is 37.1 Å². The van der Waals surface area contributed by atoms with E-state index in [-0.39, 0.29) is 24.1 Å². The Kier molecular flexibility index (Phi) is 6.55. The molecule has 2 rings (SSSR count). The van der Waals surface area contributed by atoms with Gasteiger partial charge in [0.15, 0.2) is 0 Å². The minimum Gasteiger partial charge on any atom is -0.478 e. The van der Waals surface area contributed by atoms with Crippen LogP contribution in [0, 0.1) is 0 Å². The van der Waals surface area contributed by atoms with Crippen molar-refractivity contribution in [3.8, 4) is 0 Å². The summed E-state index contributed by atoms with van der Waals surface area (Å²) in [5.74, 6) is -1.20. The second-order valence-corrected chi connectivity index (χ2v) is 5.86. The number of aromatic carboxylic acids is 1. The SMILES string of the molecule is O=C(O)c1ccc(C(=O)NCCCN2CCCC[C@@H]2CO)cc1. The maximum atomic E-state index is 12.0. The number of aliphatic hydroxyl groups is 1. The van der Waals surface area contributed by atoms with E-state index in [0.717, 1.165) is 25.9 Å². The van der Waals surface area contributed by atoms with Crippen molar-refractivity contribution in [2.75, 3.05) is 26.2 Å². The summed E-state index contributed by atoms with van der Waals surface area (Å²) in [6.45, 7) is 2.63. The van der Waals surface area contributed by atoms with Gasteiger partial charge < -0.3 is 15.5 Å². The normalized spacial score (nSPS) is 18.6. The van der Waals surface area contributed by atoms with Gasteiger partial charge in [0.2, 0.25) is 0 Å². The van der Waals surface area contributed by atoms with Crippen LogP contribution in [-0.2, 0) is 0 Å². The first-order chi connectivity index (χ1) is 11.1. The molecule has 23 heavy (non-hydrogen) atoms. The molecule has 6 heteroatoms. The minimum atomic E-state index is -1.00. The molecule has 1 aromatic carbocycles. The van der Waals surface area contributed by atoms with Gasteiger partial charge in [-0.15, -0.1) is 0 Å². The Balaban J connectivity index is 1.73. The first kappa shape index (κ1) is 17.4. The van der Waals surface area contributed by atoms with Crippen molar-refractivity contribution in [2.24, 2.45) is 0 Å². The van der Waals surface area contributed by atoms with Gasteiger partial charge in [-0.05, 0) is 50.1 Å². The molecular weight excluding hydrogens is 296 g/mol. The summed E-state index contributed by atoms with van der Waals surface area (Å²) in [6.07, 6.45) is 4.21. The maximum absolute atomic E-state index is 12.0. The number of hydrogen-bond donors (Lipinski definition) is 3. The summed E-state index contributed by atoms with van der Waals surface area (Å²) < 4.78 is 0. The number of rotatable bonds is 7. The molecule has 3 N–H and O–H groups in total. The van der Waals surface area contributed by atoms with Crippen LogP contribution in [0.4, 0.5) is 0 Å². The quantitative estimate of drug-likeness (QED) is 0.660. The van der Waals surface area contributed by atoms with E-state index in [2.05, 4.69) is 10.2 Å². The third-order valence-corrected chi connectivity index (χ3v) is 4.26. The lowest BCUT2D eigenvalue weighted by Crippen LogP contribution is -2.43. The molecule has 0 aromatic heterocycles. The summed E-state index contributed by atoms with van der Waals surface area (Å²) in [4.78, 5) is 25.0. The smallest absolute Gasteiger partial charge is 0.335 e. The topological polar surface area (TPSA) is 89.9 Å². The number of amides is 1. The molecule has 1 fully saturated rings. The van der Waals surface area contributed by atoms with Gasteiger partial charge in [-0.3, -0.25) is 9.69 Å². The highest BCUT2D eigenvalue weighted by atomic mass is 16.4. The summed E-state index contributed by atoms with van der Waals surface area (Å²) in [7, 11) is 0. The standard InChI is InChI=1S/C17H24N2O4/c20-12-15-4-1-2-10-19(15)11-3-9-18-16(21)13-5-7-14(8-6-13)17(22)23/h5-8,15,20H,1-4,9-12H2,(H,18,21)(H,22,23)/t15-/m1/s1. The molecule has 126 valence electrons. The number of carboxylic acids is 1. The molecule has 0 radical (unpaired) electrons. The highest BCUT2D eigenvalue weighted by Crippen LogP contribution is 2.16. The van der Waals surface area contributed by atoms with Crippen molar-refractivity contribution in [2.45, 2.75) is 31.7 Å². The Morgan fingerprint density at radius 3 is 2.52 bits per heavy atom. The third kappa shape index (κ3) is 5.04. The highest BCUT2D eigenvalue weighted by Gasteiger charge is 2.20. The van der Waals surface area contributed by atoms with E-state index in [4.69, 9.17) is 5.11 Å². The van der Waals surface area contributed by atoms with Crippen LogP contribution in [0.5, 0.6) is 0 Å². The largest absolute Gasteiger partial charge is 0.478 e. The fourth-order valence-electron chi connectivity index (χ4n) is 2.91. The zero-order chi connectivity index (χ0) is 16.7. The second-order valence-electron chi connectivity index (χ2n) is 5.86. The lowest BCUT2D eigenvalue weighted by Gasteiger charge is -2.34. The number of nitrogens with zero attached hydrogens (tertiary/aromatic N) is 1. The lowest BCUT2D eigenvalue weighted by atomic mass is 10.0. The van der Waals surface area contributed by atoms with Crippen LogP contribution in [0.15, 0.2) is 24.3 Å². The van der Waals surface area contributed by atoms with Gasteiger partial charge in [0.1, 0.15) is 0 Å². The molecular formula is C17H24N2O4. The van der Waals surface area contributed by atoms with Gasteiger partial charge in [0.25, 0.3) is 5.91 Å². The van der Waals surface area contributed by atoms with Gasteiger partial charge >= 0.3 is 5.97 Å². The van der Waals surface area contributed by atoms with Crippen molar-refractivity contribution in [1.82, 2.24) is 10.2 Å². The summed E-state index contributed by atoms with van der Waals surface area (Å²) >= 11 is 0. The Labute approximate surface area is 136 Å². The maximum Gasteiger partial charge on any atom is 0.335 e. The molecule has 1 aliphatic heterocycles. The predicted octanol–water partition coefficient (Wildman–Crippen LogP) is 1.35. The lowest BCUT2D eigenvalue weighted by molar-refractivity contribution is 0.0696.